The van der Waals surface area contributed by atoms with Crippen LogP contribution in [0.5, 0.6) is 5.75 Å². The molecule has 3 rings (SSSR count). The second kappa shape index (κ2) is 11.9. The lowest BCUT2D eigenvalue weighted by molar-refractivity contribution is -0.121. The number of carbonyl (C=O) groups excluding carboxylic acids is 1. The van der Waals surface area contributed by atoms with Gasteiger partial charge in [0.15, 0.2) is 0 Å². The first-order chi connectivity index (χ1) is 16.2. The number of sulfonamides is 1. The highest BCUT2D eigenvalue weighted by Crippen LogP contribution is 2.25. The third-order valence-electron chi connectivity index (χ3n) is 5.01. The van der Waals surface area contributed by atoms with E-state index >= 15 is 0 Å². The number of hydrogen-bond donors (Lipinski definition) is 1. The van der Waals surface area contributed by atoms with Crippen molar-refractivity contribution < 1.29 is 17.9 Å². The average Bonchev–Trinajstić information content (AvgIpc) is 2.81. The minimum atomic E-state index is -4.00. The lowest BCUT2D eigenvalue weighted by Gasteiger charge is -2.22. The molecule has 0 aliphatic heterocycles. The summed E-state index contributed by atoms with van der Waals surface area (Å²) in [5.41, 5.74) is 1.61. The van der Waals surface area contributed by atoms with Gasteiger partial charge in [-0.25, -0.2) is 8.42 Å². The summed E-state index contributed by atoms with van der Waals surface area (Å²) in [6.07, 6.45) is 0.590. The highest BCUT2D eigenvalue weighted by Gasteiger charge is 2.27. The topological polar surface area (TPSA) is 75.7 Å². The summed E-state index contributed by atoms with van der Waals surface area (Å²) in [4.78, 5) is 12.7. The van der Waals surface area contributed by atoms with Crippen LogP contribution in [0.2, 0.25) is 15.1 Å². The Morgan fingerprint density at radius 1 is 0.912 bits per heavy atom. The van der Waals surface area contributed by atoms with Crippen molar-refractivity contribution in [3.05, 3.63) is 92.9 Å². The van der Waals surface area contributed by atoms with Crippen LogP contribution in [0.4, 0.5) is 0 Å². The van der Waals surface area contributed by atoms with Gasteiger partial charge in [0.1, 0.15) is 5.75 Å². The number of nitrogens with zero attached hydrogens (tertiary/aromatic N) is 1. The van der Waals surface area contributed by atoms with Crippen LogP contribution in [0.25, 0.3) is 0 Å². The summed E-state index contributed by atoms with van der Waals surface area (Å²) >= 11 is 18.0. The SMILES string of the molecule is COc1ccc(CCNC(=O)CN(Cc2ccc(Cl)c(Cl)c2)S(=O)(=O)c2ccc(Cl)cc2)cc1. The van der Waals surface area contributed by atoms with Gasteiger partial charge in [0.2, 0.25) is 15.9 Å². The van der Waals surface area contributed by atoms with Gasteiger partial charge in [0.25, 0.3) is 0 Å². The average molecular weight is 542 g/mol. The van der Waals surface area contributed by atoms with Crippen LogP contribution >= 0.6 is 34.8 Å². The molecule has 0 heterocycles. The molecule has 0 saturated carbocycles. The van der Waals surface area contributed by atoms with Crippen molar-refractivity contribution in [2.45, 2.75) is 17.9 Å². The van der Waals surface area contributed by atoms with E-state index in [0.717, 1.165) is 15.6 Å². The molecule has 0 spiro atoms. The summed E-state index contributed by atoms with van der Waals surface area (Å²) in [5, 5.41) is 3.85. The molecule has 10 heteroatoms. The van der Waals surface area contributed by atoms with Crippen LogP contribution in [0.15, 0.2) is 71.6 Å². The van der Waals surface area contributed by atoms with E-state index in [-0.39, 0.29) is 18.0 Å². The molecule has 180 valence electrons. The molecule has 34 heavy (non-hydrogen) atoms. The van der Waals surface area contributed by atoms with Crippen LogP contribution < -0.4 is 10.1 Å². The Labute approximate surface area is 214 Å². The Kier molecular flexibility index (Phi) is 9.22. The van der Waals surface area contributed by atoms with Crippen molar-refractivity contribution in [2.24, 2.45) is 0 Å². The number of rotatable bonds is 10. The lowest BCUT2D eigenvalue weighted by atomic mass is 10.1. The molecule has 3 aromatic carbocycles. The van der Waals surface area contributed by atoms with Crippen LogP contribution in [-0.2, 0) is 27.8 Å². The van der Waals surface area contributed by atoms with Crippen LogP contribution in [0, 0.1) is 0 Å². The van der Waals surface area contributed by atoms with Crippen molar-refractivity contribution in [2.75, 3.05) is 20.2 Å². The van der Waals surface area contributed by atoms with Crippen molar-refractivity contribution >= 4 is 50.7 Å². The molecular weight excluding hydrogens is 519 g/mol. The predicted octanol–water partition coefficient (Wildman–Crippen LogP) is 5.21. The molecule has 0 unspecified atom stereocenters. The van der Waals surface area contributed by atoms with Crippen molar-refractivity contribution in [3.8, 4) is 5.75 Å². The van der Waals surface area contributed by atoms with E-state index in [1.807, 2.05) is 24.3 Å². The smallest absolute Gasteiger partial charge is 0.243 e. The minimum Gasteiger partial charge on any atom is -0.497 e. The lowest BCUT2D eigenvalue weighted by Crippen LogP contribution is -2.40. The van der Waals surface area contributed by atoms with E-state index in [2.05, 4.69) is 5.32 Å². The van der Waals surface area contributed by atoms with E-state index in [1.54, 1.807) is 25.3 Å². The van der Waals surface area contributed by atoms with Crippen LogP contribution in [0.1, 0.15) is 11.1 Å². The summed E-state index contributed by atoms with van der Waals surface area (Å²) in [7, 11) is -2.40. The fourth-order valence-electron chi connectivity index (χ4n) is 3.18. The van der Waals surface area contributed by atoms with Crippen molar-refractivity contribution in [1.29, 1.82) is 0 Å². The number of ether oxygens (including phenoxy) is 1. The van der Waals surface area contributed by atoms with Crippen molar-refractivity contribution in [3.63, 3.8) is 0 Å². The molecule has 0 radical (unpaired) electrons. The molecule has 0 aliphatic rings. The van der Waals surface area contributed by atoms with Gasteiger partial charge < -0.3 is 10.1 Å². The molecule has 6 nitrogen and oxygen atoms in total. The second-order valence-electron chi connectivity index (χ2n) is 7.42. The van der Waals surface area contributed by atoms with E-state index in [1.165, 1.54) is 24.3 Å². The molecule has 1 N–H and O–H groups in total. The molecule has 0 saturated heterocycles. The van der Waals surface area contributed by atoms with Gasteiger partial charge in [-0.15, -0.1) is 0 Å². The third kappa shape index (κ3) is 7.10. The zero-order valence-corrected chi connectivity index (χ0v) is 21.4. The summed E-state index contributed by atoms with van der Waals surface area (Å²) in [6.45, 7) is -0.0751. The quantitative estimate of drug-likeness (QED) is 0.383. The first-order valence-corrected chi connectivity index (χ1v) is 12.9. The Balaban J connectivity index is 1.73. The Morgan fingerprint density at radius 2 is 1.56 bits per heavy atom. The highest BCUT2D eigenvalue weighted by molar-refractivity contribution is 7.89. The van der Waals surface area contributed by atoms with Gasteiger partial charge in [-0.1, -0.05) is 53.0 Å². The fraction of sp³-hybridized carbons (Fsp3) is 0.208. The van der Waals surface area contributed by atoms with Gasteiger partial charge in [0.05, 0.1) is 28.6 Å². The minimum absolute atomic E-state index is 0.0305. The molecule has 0 aromatic heterocycles. The maximum atomic E-state index is 13.3. The highest BCUT2D eigenvalue weighted by atomic mass is 35.5. The molecule has 0 bridgehead atoms. The van der Waals surface area contributed by atoms with E-state index < -0.39 is 15.9 Å². The maximum Gasteiger partial charge on any atom is 0.243 e. The molecule has 0 aliphatic carbocycles. The third-order valence-corrected chi connectivity index (χ3v) is 7.81. The number of nitrogens with one attached hydrogen (secondary N) is 1. The molecule has 0 atom stereocenters. The van der Waals surface area contributed by atoms with Crippen LogP contribution in [0.3, 0.4) is 0 Å². The molecule has 3 aromatic rings. The zero-order chi connectivity index (χ0) is 24.7. The number of benzene rings is 3. The van der Waals surface area contributed by atoms with Gasteiger partial charge >= 0.3 is 0 Å². The number of methoxy groups -OCH3 is 1. The first kappa shape index (κ1) is 26.3. The maximum absolute atomic E-state index is 13.3. The summed E-state index contributed by atoms with van der Waals surface area (Å²) in [5.74, 6) is 0.323. The number of hydrogen-bond acceptors (Lipinski definition) is 4. The van der Waals surface area contributed by atoms with Gasteiger partial charge in [-0.2, -0.15) is 4.31 Å². The Bertz CT molecular complexity index is 1230. The fourth-order valence-corrected chi connectivity index (χ4v) is 5.01. The van der Waals surface area contributed by atoms with Gasteiger partial charge in [0, 0.05) is 18.1 Å². The number of amides is 1. The Hall–Kier alpha value is -2.29. The largest absolute Gasteiger partial charge is 0.497 e. The summed E-state index contributed by atoms with van der Waals surface area (Å²) in [6, 6.07) is 18.1. The van der Waals surface area contributed by atoms with E-state index in [9.17, 15) is 13.2 Å². The van der Waals surface area contributed by atoms with Gasteiger partial charge in [-0.05, 0) is 66.1 Å². The normalized spacial score (nSPS) is 11.4. The van der Waals surface area contributed by atoms with E-state index in [4.69, 9.17) is 39.5 Å². The molecule has 0 fully saturated rings. The first-order valence-electron chi connectivity index (χ1n) is 10.3. The predicted molar refractivity (Wildman–Crippen MR) is 135 cm³/mol. The van der Waals surface area contributed by atoms with Crippen molar-refractivity contribution in [1.82, 2.24) is 9.62 Å². The van der Waals surface area contributed by atoms with Crippen LogP contribution in [-0.4, -0.2) is 38.8 Å². The standard InChI is InChI=1S/C24H23Cl3N2O4S/c1-33-20-7-2-17(3-8-20)12-13-28-24(30)16-29(15-18-4-11-22(26)23(27)14-18)34(31,32)21-9-5-19(25)6-10-21/h2-11,14H,12-13,15-16H2,1H3,(H,28,30). The zero-order valence-electron chi connectivity index (χ0n) is 18.3. The monoisotopic (exact) mass is 540 g/mol. The number of halogens is 3. The Morgan fingerprint density at radius 3 is 2.18 bits per heavy atom. The second-order valence-corrected chi connectivity index (χ2v) is 10.6. The molecular formula is C24H23Cl3N2O4S. The van der Waals surface area contributed by atoms with E-state index in [0.29, 0.717) is 33.6 Å². The number of carbonyl (C=O) groups is 1. The molecule has 1 amide bonds. The van der Waals surface area contributed by atoms with Gasteiger partial charge in [-0.3, -0.25) is 4.79 Å². The summed E-state index contributed by atoms with van der Waals surface area (Å²) < 4.78 is 32.9.